The molecule has 1 aromatic rings. The van der Waals surface area contributed by atoms with Crippen LogP contribution < -0.4 is 10.2 Å². The number of hydrogen-bond acceptors (Lipinski definition) is 4. The van der Waals surface area contributed by atoms with Crippen LogP contribution in [0.4, 0.5) is 0 Å². The van der Waals surface area contributed by atoms with E-state index >= 15 is 0 Å². The molecule has 0 atom stereocenters. The van der Waals surface area contributed by atoms with E-state index in [2.05, 4.69) is 0 Å². The van der Waals surface area contributed by atoms with Gasteiger partial charge in [0, 0.05) is 12.6 Å². The summed E-state index contributed by atoms with van der Waals surface area (Å²) in [7, 11) is -0.145. The molecular formula is C9H12BClO4. The topological polar surface area (TPSA) is 58.9 Å². The van der Waals surface area contributed by atoms with Crippen molar-refractivity contribution in [2.24, 2.45) is 0 Å². The second kappa shape index (κ2) is 5.37. The molecule has 1 aromatic carbocycles. The Balaban J connectivity index is 3.10. The number of rotatable bonds is 4. The van der Waals surface area contributed by atoms with Crippen LogP contribution in [-0.2, 0) is 4.74 Å². The van der Waals surface area contributed by atoms with Crippen LogP contribution in [0.15, 0.2) is 12.1 Å². The highest BCUT2D eigenvalue weighted by molar-refractivity contribution is 6.60. The SMILES string of the molecule is COCOc1c(B(O)O)ccc(C)c1Cl. The average Bonchev–Trinajstić information content (AvgIpc) is 2.19. The lowest BCUT2D eigenvalue weighted by Gasteiger charge is -2.13. The van der Waals surface area contributed by atoms with Crippen molar-refractivity contribution in [3.63, 3.8) is 0 Å². The summed E-state index contributed by atoms with van der Waals surface area (Å²) >= 11 is 5.98. The minimum atomic E-state index is -1.62. The summed E-state index contributed by atoms with van der Waals surface area (Å²) in [5, 5.41) is 18.5. The first-order chi connectivity index (χ1) is 7.07. The summed E-state index contributed by atoms with van der Waals surface area (Å²) in [6, 6.07) is 3.24. The molecule has 0 aliphatic heterocycles. The van der Waals surface area contributed by atoms with Crippen molar-refractivity contribution < 1.29 is 19.5 Å². The van der Waals surface area contributed by atoms with E-state index in [-0.39, 0.29) is 18.0 Å². The average molecular weight is 230 g/mol. The zero-order valence-corrected chi connectivity index (χ0v) is 9.28. The van der Waals surface area contributed by atoms with Gasteiger partial charge in [-0.1, -0.05) is 23.7 Å². The minimum absolute atomic E-state index is 0.00287. The van der Waals surface area contributed by atoms with E-state index in [9.17, 15) is 0 Å². The largest absolute Gasteiger partial charge is 0.492 e. The number of halogens is 1. The molecule has 0 fully saturated rings. The lowest BCUT2D eigenvalue weighted by atomic mass is 9.79. The molecule has 4 nitrogen and oxygen atoms in total. The number of hydrogen-bond donors (Lipinski definition) is 2. The summed E-state index contributed by atoms with van der Waals surface area (Å²) in [5.41, 5.74) is 1.02. The maximum Gasteiger partial charge on any atom is 0.492 e. The second-order valence-corrected chi connectivity index (χ2v) is 3.42. The van der Waals surface area contributed by atoms with Crippen molar-refractivity contribution in [1.29, 1.82) is 0 Å². The van der Waals surface area contributed by atoms with Crippen LogP contribution >= 0.6 is 11.6 Å². The van der Waals surface area contributed by atoms with Crippen LogP contribution in [-0.4, -0.2) is 31.1 Å². The molecule has 0 aromatic heterocycles. The normalized spacial score (nSPS) is 10.2. The minimum Gasteiger partial charge on any atom is -0.466 e. The molecule has 0 unspecified atom stereocenters. The maximum absolute atomic E-state index is 9.10. The summed E-state index contributed by atoms with van der Waals surface area (Å²) in [6.07, 6.45) is 0. The van der Waals surface area contributed by atoms with Crippen molar-refractivity contribution in [2.45, 2.75) is 6.92 Å². The van der Waals surface area contributed by atoms with Crippen LogP contribution in [0.2, 0.25) is 5.02 Å². The van der Waals surface area contributed by atoms with Crippen LogP contribution in [0.25, 0.3) is 0 Å². The number of aryl methyl sites for hydroxylation is 1. The Bertz CT molecular complexity index is 343. The summed E-state index contributed by atoms with van der Waals surface area (Å²) < 4.78 is 9.92. The highest BCUT2D eigenvalue weighted by Crippen LogP contribution is 2.26. The van der Waals surface area contributed by atoms with E-state index in [1.807, 2.05) is 0 Å². The van der Waals surface area contributed by atoms with Gasteiger partial charge in [-0.3, -0.25) is 0 Å². The van der Waals surface area contributed by atoms with E-state index in [0.717, 1.165) is 5.56 Å². The van der Waals surface area contributed by atoms with Gasteiger partial charge in [0.2, 0.25) is 0 Å². The van der Waals surface area contributed by atoms with Crippen molar-refractivity contribution >= 4 is 24.2 Å². The first-order valence-electron chi connectivity index (χ1n) is 4.34. The first kappa shape index (κ1) is 12.3. The molecular weight excluding hydrogens is 218 g/mol. The van der Waals surface area contributed by atoms with E-state index in [0.29, 0.717) is 5.02 Å². The Labute approximate surface area is 93.5 Å². The van der Waals surface area contributed by atoms with Gasteiger partial charge in [-0.2, -0.15) is 0 Å². The van der Waals surface area contributed by atoms with E-state index in [1.54, 1.807) is 19.1 Å². The molecule has 0 bridgehead atoms. The number of ether oxygens (including phenoxy) is 2. The lowest BCUT2D eigenvalue weighted by molar-refractivity contribution is 0.0517. The molecule has 1 rings (SSSR count). The smallest absolute Gasteiger partial charge is 0.466 e. The van der Waals surface area contributed by atoms with Gasteiger partial charge in [0.25, 0.3) is 0 Å². The molecule has 0 aliphatic carbocycles. The Kier molecular flexibility index (Phi) is 4.41. The fraction of sp³-hybridized carbons (Fsp3) is 0.333. The maximum atomic E-state index is 9.10. The predicted molar refractivity (Wildman–Crippen MR) is 58.5 cm³/mol. The highest BCUT2D eigenvalue weighted by Gasteiger charge is 2.20. The van der Waals surface area contributed by atoms with Crippen molar-refractivity contribution in [1.82, 2.24) is 0 Å². The molecule has 2 N–H and O–H groups in total. The molecule has 0 saturated heterocycles. The van der Waals surface area contributed by atoms with Crippen molar-refractivity contribution in [2.75, 3.05) is 13.9 Å². The number of benzene rings is 1. The van der Waals surface area contributed by atoms with Gasteiger partial charge in [-0.05, 0) is 12.5 Å². The van der Waals surface area contributed by atoms with Gasteiger partial charge in [-0.25, -0.2) is 0 Å². The molecule has 0 radical (unpaired) electrons. The van der Waals surface area contributed by atoms with Crippen LogP contribution in [0.3, 0.4) is 0 Å². The molecule has 0 aliphatic rings. The lowest BCUT2D eigenvalue weighted by Crippen LogP contribution is -2.32. The van der Waals surface area contributed by atoms with Crippen LogP contribution in [0, 0.1) is 6.92 Å². The summed E-state index contributed by atoms with van der Waals surface area (Å²) in [5.74, 6) is 0.244. The van der Waals surface area contributed by atoms with E-state index < -0.39 is 7.12 Å². The predicted octanol–water partition coefficient (Wildman–Crippen LogP) is 0.311. The van der Waals surface area contributed by atoms with Gasteiger partial charge in [0.05, 0.1) is 5.02 Å². The van der Waals surface area contributed by atoms with Gasteiger partial charge in [0.15, 0.2) is 6.79 Å². The third kappa shape index (κ3) is 2.85. The second-order valence-electron chi connectivity index (χ2n) is 3.04. The molecule has 15 heavy (non-hydrogen) atoms. The van der Waals surface area contributed by atoms with Crippen molar-refractivity contribution in [3.05, 3.63) is 22.7 Å². The zero-order chi connectivity index (χ0) is 11.4. The Morgan fingerprint density at radius 3 is 2.60 bits per heavy atom. The molecule has 0 amide bonds. The monoisotopic (exact) mass is 230 g/mol. The Morgan fingerprint density at radius 2 is 2.07 bits per heavy atom. The fourth-order valence-electron chi connectivity index (χ4n) is 1.14. The van der Waals surface area contributed by atoms with Gasteiger partial charge in [-0.15, -0.1) is 0 Å². The zero-order valence-electron chi connectivity index (χ0n) is 8.53. The summed E-state index contributed by atoms with van der Waals surface area (Å²) in [4.78, 5) is 0. The van der Waals surface area contributed by atoms with Crippen molar-refractivity contribution in [3.8, 4) is 5.75 Å². The number of methoxy groups -OCH3 is 1. The van der Waals surface area contributed by atoms with E-state index in [4.69, 9.17) is 31.1 Å². The van der Waals surface area contributed by atoms with Gasteiger partial charge >= 0.3 is 7.12 Å². The van der Waals surface area contributed by atoms with E-state index in [1.165, 1.54) is 7.11 Å². The third-order valence-corrected chi connectivity index (χ3v) is 2.39. The quantitative estimate of drug-likeness (QED) is 0.577. The highest BCUT2D eigenvalue weighted by atomic mass is 35.5. The van der Waals surface area contributed by atoms with Crippen LogP contribution in [0.5, 0.6) is 5.75 Å². The van der Waals surface area contributed by atoms with Gasteiger partial charge < -0.3 is 19.5 Å². The van der Waals surface area contributed by atoms with Crippen LogP contribution in [0.1, 0.15) is 5.56 Å². The molecule has 0 heterocycles. The molecule has 0 spiro atoms. The summed E-state index contributed by atoms with van der Waals surface area (Å²) in [6.45, 7) is 1.80. The molecule has 82 valence electrons. The molecule has 6 heteroatoms. The molecule has 0 saturated carbocycles. The van der Waals surface area contributed by atoms with Gasteiger partial charge in [0.1, 0.15) is 5.75 Å². The third-order valence-electron chi connectivity index (χ3n) is 1.92. The Morgan fingerprint density at radius 1 is 1.40 bits per heavy atom. The fourth-order valence-corrected chi connectivity index (χ4v) is 1.36. The Hall–Kier alpha value is -0.745. The standard InChI is InChI=1S/C9H12BClO4/c1-6-3-4-7(10(12)13)9(8(6)11)15-5-14-2/h3-4,12-13H,5H2,1-2H3. The first-order valence-corrected chi connectivity index (χ1v) is 4.72.